The number of halogens is 1. The molecule has 0 bridgehead atoms. The summed E-state index contributed by atoms with van der Waals surface area (Å²) in [6.07, 6.45) is 2.04. The lowest BCUT2D eigenvalue weighted by Crippen LogP contribution is -1.82. The van der Waals surface area contributed by atoms with E-state index in [1.54, 1.807) is 11.8 Å². The van der Waals surface area contributed by atoms with Crippen LogP contribution in [0.1, 0.15) is 12.5 Å². The van der Waals surface area contributed by atoms with E-state index in [1.165, 1.54) is 10.5 Å². The average molecular weight is 199 g/mol. The summed E-state index contributed by atoms with van der Waals surface area (Å²) in [4.78, 5) is 1.19. The molecule has 0 nitrogen and oxygen atoms in total. The lowest BCUT2D eigenvalue weighted by Gasteiger charge is -2.06. The standard InChI is InChI=1S/C10H11ClS/c1-7(2)9-5-4-8(11)6-10(9)12-3/h4-6H,1H2,2-3H3. The highest BCUT2D eigenvalue weighted by molar-refractivity contribution is 7.98. The molecule has 1 aromatic carbocycles. The molecule has 2 heteroatoms. The number of benzene rings is 1. The van der Waals surface area contributed by atoms with E-state index in [2.05, 4.69) is 6.58 Å². The zero-order chi connectivity index (χ0) is 9.14. The van der Waals surface area contributed by atoms with Crippen LogP contribution < -0.4 is 0 Å². The first-order valence-corrected chi connectivity index (χ1v) is 5.25. The molecule has 0 amide bonds. The predicted molar refractivity (Wildman–Crippen MR) is 57.9 cm³/mol. The van der Waals surface area contributed by atoms with E-state index in [4.69, 9.17) is 11.6 Å². The van der Waals surface area contributed by atoms with Gasteiger partial charge in [-0.3, -0.25) is 0 Å². The number of thioether (sulfide) groups is 1. The highest BCUT2D eigenvalue weighted by atomic mass is 35.5. The quantitative estimate of drug-likeness (QED) is 0.645. The number of hydrogen-bond donors (Lipinski definition) is 0. The molecule has 1 rings (SSSR count). The SMILES string of the molecule is C=C(C)c1ccc(Cl)cc1SC. The molecule has 0 radical (unpaired) electrons. The summed E-state index contributed by atoms with van der Waals surface area (Å²) in [6, 6.07) is 5.87. The maximum absolute atomic E-state index is 5.86. The normalized spacial score (nSPS) is 9.92. The molecule has 0 aromatic heterocycles. The maximum atomic E-state index is 5.86. The lowest BCUT2D eigenvalue weighted by molar-refractivity contribution is 1.39. The summed E-state index contributed by atoms with van der Waals surface area (Å²) >= 11 is 7.55. The molecule has 0 heterocycles. The zero-order valence-electron chi connectivity index (χ0n) is 7.23. The summed E-state index contributed by atoms with van der Waals surface area (Å²) in [5.74, 6) is 0. The van der Waals surface area contributed by atoms with Crippen LogP contribution in [-0.2, 0) is 0 Å². The van der Waals surface area contributed by atoms with Gasteiger partial charge < -0.3 is 0 Å². The lowest BCUT2D eigenvalue weighted by atomic mass is 10.1. The highest BCUT2D eigenvalue weighted by Crippen LogP contribution is 2.28. The number of rotatable bonds is 2. The van der Waals surface area contributed by atoms with Crippen molar-refractivity contribution in [3.05, 3.63) is 35.4 Å². The molecule has 0 fully saturated rings. The van der Waals surface area contributed by atoms with E-state index in [1.807, 2.05) is 31.4 Å². The minimum atomic E-state index is 0.782. The fraction of sp³-hybridized carbons (Fsp3) is 0.200. The second-order valence-corrected chi connectivity index (χ2v) is 3.91. The van der Waals surface area contributed by atoms with Crippen molar-refractivity contribution in [3.8, 4) is 0 Å². The third-order valence-corrected chi connectivity index (χ3v) is 2.64. The van der Waals surface area contributed by atoms with Gasteiger partial charge in [0.15, 0.2) is 0 Å². The number of allylic oxidation sites excluding steroid dienone is 1. The minimum Gasteiger partial charge on any atom is -0.129 e. The smallest absolute Gasteiger partial charge is 0.0417 e. The average Bonchev–Trinajstić information content (AvgIpc) is 2.03. The largest absolute Gasteiger partial charge is 0.129 e. The Kier molecular flexibility index (Phi) is 3.24. The Hall–Kier alpha value is -0.400. The van der Waals surface area contributed by atoms with Gasteiger partial charge in [0.1, 0.15) is 0 Å². The van der Waals surface area contributed by atoms with Crippen molar-refractivity contribution >= 4 is 28.9 Å². The highest BCUT2D eigenvalue weighted by Gasteiger charge is 2.01. The van der Waals surface area contributed by atoms with Gasteiger partial charge in [0, 0.05) is 9.92 Å². The van der Waals surface area contributed by atoms with Crippen LogP contribution in [0.2, 0.25) is 5.02 Å². The van der Waals surface area contributed by atoms with Gasteiger partial charge in [-0.25, -0.2) is 0 Å². The first-order valence-electron chi connectivity index (χ1n) is 3.64. The van der Waals surface area contributed by atoms with Gasteiger partial charge in [-0.2, -0.15) is 0 Å². The second-order valence-electron chi connectivity index (χ2n) is 2.62. The van der Waals surface area contributed by atoms with Gasteiger partial charge in [-0.15, -0.1) is 11.8 Å². The molecule has 0 aliphatic rings. The molecule has 0 saturated carbocycles. The van der Waals surface area contributed by atoms with Crippen LogP contribution in [0.15, 0.2) is 29.7 Å². The molecule has 12 heavy (non-hydrogen) atoms. The minimum absolute atomic E-state index is 0.782. The molecular formula is C10H11ClS. The molecule has 0 aliphatic carbocycles. The predicted octanol–water partition coefficient (Wildman–Crippen LogP) is 4.10. The Bertz CT molecular complexity index is 305. The third-order valence-electron chi connectivity index (χ3n) is 1.62. The van der Waals surface area contributed by atoms with Crippen molar-refractivity contribution in [3.63, 3.8) is 0 Å². The van der Waals surface area contributed by atoms with Crippen molar-refractivity contribution in [2.75, 3.05) is 6.26 Å². The molecule has 0 spiro atoms. The first kappa shape index (κ1) is 9.69. The van der Waals surface area contributed by atoms with E-state index < -0.39 is 0 Å². The monoisotopic (exact) mass is 198 g/mol. The number of hydrogen-bond acceptors (Lipinski definition) is 1. The van der Waals surface area contributed by atoms with Crippen molar-refractivity contribution in [1.82, 2.24) is 0 Å². The molecule has 1 aromatic rings. The molecule has 0 saturated heterocycles. The maximum Gasteiger partial charge on any atom is 0.0417 e. The summed E-state index contributed by atoms with van der Waals surface area (Å²) in [6.45, 7) is 5.91. The first-order chi connectivity index (χ1) is 5.65. The van der Waals surface area contributed by atoms with Crippen molar-refractivity contribution < 1.29 is 0 Å². The Balaban J connectivity index is 3.20. The Morgan fingerprint density at radius 3 is 2.67 bits per heavy atom. The van der Waals surface area contributed by atoms with Crippen molar-refractivity contribution in [2.24, 2.45) is 0 Å². The van der Waals surface area contributed by atoms with Crippen molar-refractivity contribution in [1.29, 1.82) is 0 Å². The van der Waals surface area contributed by atoms with Crippen LogP contribution in [0, 0.1) is 0 Å². The fourth-order valence-corrected chi connectivity index (χ4v) is 1.96. The summed E-state index contributed by atoms with van der Waals surface area (Å²) in [5.41, 5.74) is 2.27. The summed E-state index contributed by atoms with van der Waals surface area (Å²) in [7, 11) is 0. The third kappa shape index (κ3) is 2.05. The molecule has 0 N–H and O–H groups in total. The van der Waals surface area contributed by atoms with E-state index in [0.717, 1.165) is 10.6 Å². The van der Waals surface area contributed by atoms with Gasteiger partial charge in [0.05, 0.1) is 0 Å². The Morgan fingerprint density at radius 1 is 1.50 bits per heavy atom. The van der Waals surface area contributed by atoms with Crippen LogP contribution >= 0.6 is 23.4 Å². The van der Waals surface area contributed by atoms with Crippen molar-refractivity contribution in [2.45, 2.75) is 11.8 Å². The van der Waals surface area contributed by atoms with Crippen LogP contribution in [0.3, 0.4) is 0 Å². The zero-order valence-corrected chi connectivity index (χ0v) is 8.80. The van der Waals surface area contributed by atoms with Crippen LogP contribution in [-0.4, -0.2) is 6.26 Å². The van der Waals surface area contributed by atoms with E-state index in [-0.39, 0.29) is 0 Å². The molecule has 0 aliphatic heterocycles. The van der Waals surface area contributed by atoms with E-state index >= 15 is 0 Å². The topological polar surface area (TPSA) is 0 Å². The van der Waals surface area contributed by atoms with E-state index in [0.29, 0.717) is 0 Å². The summed E-state index contributed by atoms with van der Waals surface area (Å²) in [5, 5.41) is 0.782. The Labute approximate surface area is 82.6 Å². The fourth-order valence-electron chi connectivity index (χ4n) is 1.02. The van der Waals surface area contributed by atoms with Crippen LogP contribution in [0.25, 0.3) is 5.57 Å². The van der Waals surface area contributed by atoms with Crippen LogP contribution in [0.4, 0.5) is 0 Å². The summed E-state index contributed by atoms with van der Waals surface area (Å²) < 4.78 is 0. The van der Waals surface area contributed by atoms with E-state index in [9.17, 15) is 0 Å². The molecule has 0 unspecified atom stereocenters. The van der Waals surface area contributed by atoms with Gasteiger partial charge in [0.25, 0.3) is 0 Å². The van der Waals surface area contributed by atoms with Gasteiger partial charge >= 0.3 is 0 Å². The second kappa shape index (κ2) is 4.01. The molecular weight excluding hydrogens is 188 g/mol. The molecule has 64 valence electrons. The molecule has 0 atom stereocenters. The van der Waals surface area contributed by atoms with Gasteiger partial charge in [0.2, 0.25) is 0 Å². The van der Waals surface area contributed by atoms with Gasteiger partial charge in [-0.05, 0) is 36.4 Å². The van der Waals surface area contributed by atoms with Gasteiger partial charge in [-0.1, -0.05) is 24.2 Å². The van der Waals surface area contributed by atoms with Crippen LogP contribution in [0.5, 0.6) is 0 Å². The Morgan fingerprint density at radius 2 is 2.17 bits per heavy atom.